The van der Waals surface area contributed by atoms with Crippen LogP contribution in [0.4, 0.5) is 0 Å². The van der Waals surface area contributed by atoms with Crippen LogP contribution in [-0.2, 0) is 22.3 Å². The second kappa shape index (κ2) is 4.17. The van der Waals surface area contributed by atoms with E-state index in [1.54, 1.807) is 0 Å². The van der Waals surface area contributed by atoms with Crippen LogP contribution >= 0.6 is 11.3 Å². The highest BCUT2D eigenvalue weighted by Crippen LogP contribution is 2.19. The first kappa shape index (κ1) is 11.0. The van der Waals surface area contributed by atoms with E-state index < -0.39 is 10.0 Å². The molecule has 2 rings (SSSR count). The lowest BCUT2D eigenvalue weighted by Crippen LogP contribution is -2.16. The van der Waals surface area contributed by atoms with Gasteiger partial charge in [-0.15, -0.1) is 11.3 Å². The zero-order chi connectivity index (χ0) is 10.9. The van der Waals surface area contributed by atoms with Gasteiger partial charge in [-0.25, -0.2) is 18.5 Å². The third-order valence-corrected chi connectivity index (χ3v) is 3.83. The molecule has 0 amide bonds. The van der Waals surface area contributed by atoms with Gasteiger partial charge in [0.2, 0.25) is 10.0 Å². The van der Waals surface area contributed by atoms with Crippen molar-refractivity contribution in [3.63, 3.8) is 0 Å². The molecule has 15 heavy (non-hydrogen) atoms. The molecule has 0 radical (unpaired) electrons. The van der Waals surface area contributed by atoms with Crippen molar-refractivity contribution in [3.05, 3.63) is 16.1 Å². The van der Waals surface area contributed by atoms with Crippen LogP contribution in [0.15, 0.2) is 5.38 Å². The summed E-state index contributed by atoms with van der Waals surface area (Å²) >= 11 is 1.34. The summed E-state index contributed by atoms with van der Waals surface area (Å²) in [4.78, 5) is 4.19. The Morgan fingerprint density at radius 2 is 2.33 bits per heavy atom. The van der Waals surface area contributed by atoms with E-state index in [-0.39, 0.29) is 5.75 Å². The highest BCUT2D eigenvalue weighted by molar-refractivity contribution is 7.88. The lowest BCUT2D eigenvalue weighted by atomic mass is 10.5. The summed E-state index contributed by atoms with van der Waals surface area (Å²) in [7, 11) is -3.46. The molecule has 1 aliphatic rings. The second-order valence-corrected chi connectivity index (χ2v) is 6.25. The Morgan fingerprint density at radius 3 is 2.93 bits per heavy atom. The molecule has 0 spiro atoms. The third-order valence-electron chi connectivity index (χ3n) is 2.07. The van der Waals surface area contributed by atoms with Crippen molar-refractivity contribution in [1.82, 2.24) is 10.3 Å². The van der Waals surface area contributed by atoms with Gasteiger partial charge in [0.05, 0.1) is 5.69 Å². The van der Waals surface area contributed by atoms with Gasteiger partial charge in [0.15, 0.2) is 0 Å². The van der Waals surface area contributed by atoms with Crippen molar-refractivity contribution >= 4 is 21.4 Å². The molecule has 1 aromatic heterocycles. The first-order chi connectivity index (χ1) is 7.03. The van der Waals surface area contributed by atoms with Crippen molar-refractivity contribution in [1.29, 1.82) is 0 Å². The zero-order valence-electron chi connectivity index (χ0n) is 8.14. The molecule has 0 saturated heterocycles. The van der Waals surface area contributed by atoms with E-state index >= 15 is 0 Å². The lowest BCUT2D eigenvalue weighted by Gasteiger charge is -1.97. The minimum Gasteiger partial charge on any atom is -0.308 e. The molecule has 1 fully saturated rings. The van der Waals surface area contributed by atoms with Gasteiger partial charge in [0, 0.05) is 18.0 Å². The van der Waals surface area contributed by atoms with E-state index in [0.717, 1.165) is 5.69 Å². The molecule has 0 aromatic carbocycles. The summed E-state index contributed by atoms with van der Waals surface area (Å²) in [5.41, 5.74) is 0.894. The fraction of sp³-hybridized carbons (Fsp3) is 0.625. The number of aromatic nitrogens is 1. The van der Waals surface area contributed by atoms with Crippen LogP contribution in [0.3, 0.4) is 0 Å². The number of sulfonamides is 1. The Morgan fingerprint density at radius 1 is 1.60 bits per heavy atom. The van der Waals surface area contributed by atoms with Gasteiger partial charge in [-0.2, -0.15) is 0 Å². The monoisotopic (exact) mass is 247 g/mol. The number of hydrogen-bond donors (Lipinski definition) is 2. The Kier molecular flexibility index (Phi) is 3.06. The average Bonchev–Trinajstić information content (AvgIpc) is 2.83. The number of nitrogens with one attached hydrogen (secondary N) is 1. The maximum absolute atomic E-state index is 10.8. The molecule has 0 bridgehead atoms. The molecule has 1 aromatic rings. The predicted octanol–water partition coefficient (Wildman–Crippen LogP) is 0.184. The van der Waals surface area contributed by atoms with Crippen LogP contribution in [0.25, 0.3) is 0 Å². The van der Waals surface area contributed by atoms with E-state index in [9.17, 15) is 8.42 Å². The Labute approximate surface area is 92.8 Å². The van der Waals surface area contributed by atoms with Crippen LogP contribution in [-0.4, -0.2) is 19.4 Å². The van der Waals surface area contributed by atoms with Crippen molar-refractivity contribution in [2.45, 2.75) is 31.2 Å². The van der Waals surface area contributed by atoms with Gasteiger partial charge in [-0.1, -0.05) is 0 Å². The van der Waals surface area contributed by atoms with Gasteiger partial charge in [0.1, 0.15) is 10.8 Å². The number of nitrogens with zero attached hydrogens (tertiary/aromatic N) is 1. The van der Waals surface area contributed by atoms with E-state index in [0.29, 0.717) is 17.6 Å². The fourth-order valence-corrected chi connectivity index (χ4v) is 2.96. The predicted molar refractivity (Wildman–Crippen MR) is 58.8 cm³/mol. The van der Waals surface area contributed by atoms with Gasteiger partial charge < -0.3 is 5.32 Å². The summed E-state index contributed by atoms with van der Waals surface area (Å²) in [6.45, 7) is 0.714. The first-order valence-electron chi connectivity index (χ1n) is 4.70. The molecular formula is C8H13N3O2S2. The zero-order valence-corrected chi connectivity index (χ0v) is 9.77. The number of nitrogens with two attached hydrogens (primary N) is 1. The number of rotatable bonds is 5. The largest absolute Gasteiger partial charge is 0.308 e. The highest BCUT2D eigenvalue weighted by Gasteiger charge is 2.20. The summed E-state index contributed by atoms with van der Waals surface area (Å²) < 4.78 is 21.6. The molecule has 84 valence electrons. The normalized spacial score (nSPS) is 16.9. The van der Waals surface area contributed by atoms with Crippen molar-refractivity contribution in [2.75, 3.05) is 0 Å². The summed E-state index contributed by atoms with van der Waals surface area (Å²) in [5.74, 6) is -0.166. The first-order valence-corrected chi connectivity index (χ1v) is 7.29. The van der Waals surface area contributed by atoms with Crippen LogP contribution in [0.2, 0.25) is 0 Å². The smallest absolute Gasteiger partial charge is 0.215 e. The number of primary sulfonamides is 1. The molecule has 0 unspecified atom stereocenters. The Hall–Kier alpha value is -0.500. The molecule has 1 saturated carbocycles. The minimum absolute atomic E-state index is 0.166. The second-order valence-electron chi connectivity index (χ2n) is 3.69. The Bertz CT molecular complexity index is 436. The van der Waals surface area contributed by atoms with Crippen LogP contribution in [0.1, 0.15) is 23.5 Å². The van der Waals surface area contributed by atoms with Gasteiger partial charge >= 0.3 is 0 Å². The highest BCUT2D eigenvalue weighted by atomic mass is 32.2. The van der Waals surface area contributed by atoms with E-state index in [1.807, 2.05) is 5.38 Å². The summed E-state index contributed by atoms with van der Waals surface area (Å²) in [6.07, 6.45) is 2.46. The number of hydrogen-bond acceptors (Lipinski definition) is 5. The third kappa shape index (κ3) is 3.86. The van der Waals surface area contributed by atoms with Gasteiger partial charge in [-0.05, 0) is 12.8 Å². The average molecular weight is 247 g/mol. The standard InChI is InChI=1S/C8H13N3O2S2/c9-15(12,13)5-8-11-7(4-14-8)3-10-6-1-2-6/h4,6,10H,1-3,5H2,(H2,9,12,13). The molecule has 7 heteroatoms. The molecule has 1 aliphatic carbocycles. The maximum Gasteiger partial charge on any atom is 0.215 e. The van der Waals surface area contributed by atoms with E-state index in [2.05, 4.69) is 10.3 Å². The van der Waals surface area contributed by atoms with Crippen LogP contribution < -0.4 is 10.5 Å². The molecule has 1 heterocycles. The molecular weight excluding hydrogens is 234 g/mol. The fourth-order valence-electron chi connectivity index (χ4n) is 1.20. The van der Waals surface area contributed by atoms with E-state index in [4.69, 9.17) is 5.14 Å². The Balaban J connectivity index is 1.90. The molecule has 3 N–H and O–H groups in total. The molecule has 0 aliphatic heterocycles. The summed E-state index contributed by atoms with van der Waals surface area (Å²) in [6, 6.07) is 0.633. The topological polar surface area (TPSA) is 85.1 Å². The van der Waals surface area contributed by atoms with Gasteiger partial charge in [0.25, 0.3) is 0 Å². The van der Waals surface area contributed by atoms with Crippen LogP contribution in [0, 0.1) is 0 Å². The van der Waals surface area contributed by atoms with E-state index in [1.165, 1.54) is 24.2 Å². The lowest BCUT2D eigenvalue weighted by molar-refractivity contribution is 0.596. The van der Waals surface area contributed by atoms with Gasteiger partial charge in [-0.3, -0.25) is 0 Å². The maximum atomic E-state index is 10.8. The van der Waals surface area contributed by atoms with Crippen LogP contribution in [0.5, 0.6) is 0 Å². The minimum atomic E-state index is -3.46. The van der Waals surface area contributed by atoms with Crippen molar-refractivity contribution in [3.8, 4) is 0 Å². The molecule has 0 atom stereocenters. The SMILES string of the molecule is NS(=O)(=O)Cc1nc(CNC2CC2)cs1. The van der Waals surface area contributed by atoms with Crippen molar-refractivity contribution in [2.24, 2.45) is 5.14 Å². The number of thiazole rings is 1. The van der Waals surface area contributed by atoms with Crippen molar-refractivity contribution < 1.29 is 8.42 Å². The molecule has 5 nitrogen and oxygen atoms in total. The quantitative estimate of drug-likeness (QED) is 0.777. The summed E-state index contributed by atoms with van der Waals surface area (Å²) in [5, 5.41) is 10.7.